The molecule has 0 aliphatic rings. The fourth-order valence-corrected chi connectivity index (χ4v) is 2.71. The monoisotopic (exact) mass is 266 g/mol. The Morgan fingerprint density at radius 2 is 1.30 bits per heavy atom. The van der Waals surface area contributed by atoms with Gasteiger partial charge in [0.15, 0.2) is 0 Å². The first-order valence-corrected chi connectivity index (χ1v) is 7.10. The molecule has 0 saturated carbocycles. The van der Waals surface area contributed by atoms with Crippen LogP contribution in [-0.2, 0) is 12.8 Å². The Hall–Kier alpha value is -1.86. The van der Waals surface area contributed by atoms with Crippen molar-refractivity contribution >= 4 is 0 Å². The van der Waals surface area contributed by atoms with Crippen molar-refractivity contribution in [1.29, 1.82) is 0 Å². The minimum absolute atomic E-state index is 0.0859. The summed E-state index contributed by atoms with van der Waals surface area (Å²) < 4.78 is 0. The van der Waals surface area contributed by atoms with Crippen LogP contribution in [0, 0.1) is 5.41 Å². The molecule has 1 N–H and O–H groups in total. The summed E-state index contributed by atoms with van der Waals surface area (Å²) in [6, 6.07) is 20.9. The lowest BCUT2D eigenvalue weighted by Gasteiger charge is -2.30. The Kier molecular flexibility index (Phi) is 5.14. The predicted molar refractivity (Wildman–Crippen MR) is 84.6 cm³/mol. The third kappa shape index (κ3) is 3.82. The van der Waals surface area contributed by atoms with Gasteiger partial charge in [-0.1, -0.05) is 66.7 Å². The molecule has 0 unspecified atom stereocenters. The van der Waals surface area contributed by atoms with Crippen LogP contribution in [0.3, 0.4) is 0 Å². The molecule has 20 heavy (non-hydrogen) atoms. The van der Waals surface area contributed by atoms with E-state index in [0.29, 0.717) is 0 Å². The third-order valence-corrected chi connectivity index (χ3v) is 3.84. The summed E-state index contributed by atoms with van der Waals surface area (Å²) in [5, 5.41) is 9.44. The van der Waals surface area contributed by atoms with Crippen molar-refractivity contribution < 1.29 is 5.11 Å². The fourth-order valence-electron chi connectivity index (χ4n) is 2.71. The summed E-state index contributed by atoms with van der Waals surface area (Å²) in [4.78, 5) is 0. The standard InChI is InChI=1S/C19H22O/c1-2-19(13-14-20,15-17-9-5-3-6-10-17)16-18-11-7-4-8-12-18/h2-12,20H,1,13-16H2. The highest BCUT2D eigenvalue weighted by molar-refractivity contribution is 5.23. The first-order chi connectivity index (χ1) is 9.78. The van der Waals surface area contributed by atoms with Gasteiger partial charge in [-0.3, -0.25) is 0 Å². The first kappa shape index (κ1) is 14.5. The van der Waals surface area contributed by atoms with Crippen LogP contribution in [0.25, 0.3) is 0 Å². The number of hydrogen-bond acceptors (Lipinski definition) is 1. The third-order valence-electron chi connectivity index (χ3n) is 3.84. The zero-order valence-corrected chi connectivity index (χ0v) is 11.8. The average Bonchev–Trinajstić information content (AvgIpc) is 2.49. The lowest BCUT2D eigenvalue weighted by Crippen LogP contribution is -2.25. The molecule has 0 spiro atoms. The highest BCUT2D eigenvalue weighted by Crippen LogP contribution is 2.32. The molecule has 0 aliphatic heterocycles. The molecular formula is C19H22O. The van der Waals surface area contributed by atoms with Gasteiger partial charge in [-0.25, -0.2) is 0 Å². The van der Waals surface area contributed by atoms with E-state index < -0.39 is 0 Å². The summed E-state index contributed by atoms with van der Waals surface area (Å²) in [5.41, 5.74) is 2.49. The predicted octanol–water partition coefficient (Wildman–Crippen LogP) is 4.03. The van der Waals surface area contributed by atoms with E-state index in [0.717, 1.165) is 19.3 Å². The van der Waals surface area contributed by atoms with E-state index in [4.69, 9.17) is 0 Å². The molecule has 1 heteroatoms. The van der Waals surface area contributed by atoms with Gasteiger partial charge in [-0.05, 0) is 35.8 Å². The number of benzene rings is 2. The van der Waals surface area contributed by atoms with Gasteiger partial charge in [0.05, 0.1) is 0 Å². The maximum absolute atomic E-state index is 9.44. The molecule has 2 aromatic rings. The molecule has 0 saturated heterocycles. The second kappa shape index (κ2) is 7.06. The number of aliphatic hydroxyl groups is 1. The van der Waals surface area contributed by atoms with Gasteiger partial charge in [0, 0.05) is 6.61 Å². The Bertz CT molecular complexity index is 474. The number of aliphatic hydroxyl groups excluding tert-OH is 1. The number of hydrogen-bond donors (Lipinski definition) is 1. The lowest BCUT2D eigenvalue weighted by atomic mass is 9.74. The van der Waals surface area contributed by atoms with Crippen molar-refractivity contribution in [2.45, 2.75) is 19.3 Å². The molecule has 2 rings (SSSR count). The van der Waals surface area contributed by atoms with Gasteiger partial charge < -0.3 is 5.11 Å². The number of allylic oxidation sites excluding steroid dienone is 1. The van der Waals surface area contributed by atoms with E-state index in [-0.39, 0.29) is 12.0 Å². The van der Waals surface area contributed by atoms with Crippen LogP contribution >= 0.6 is 0 Å². The normalized spacial score (nSPS) is 11.2. The number of rotatable bonds is 7. The molecule has 0 atom stereocenters. The van der Waals surface area contributed by atoms with Crippen molar-refractivity contribution in [1.82, 2.24) is 0 Å². The zero-order chi connectivity index (χ0) is 14.3. The molecule has 0 aromatic heterocycles. The Labute approximate surface area is 121 Å². The smallest absolute Gasteiger partial charge is 0.0439 e. The average molecular weight is 266 g/mol. The molecule has 0 radical (unpaired) electrons. The molecule has 0 fully saturated rings. The minimum Gasteiger partial charge on any atom is -0.396 e. The molecule has 2 aromatic carbocycles. The molecular weight excluding hydrogens is 244 g/mol. The van der Waals surface area contributed by atoms with Gasteiger partial charge in [0.25, 0.3) is 0 Å². The van der Waals surface area contributed by atoms with Crippen LogP contribution in [0.1, 0.15) is 17.5 Å². The van der Waals surface area contributed by atoms with Gasteiger partial charge in [0.2, 0.25) is 0 Å². The molecule has 1 nitrogen and oxygen atoms in total. The van der Waals surface area contributed by atoms with Crippen molar-refractivity contribution in [2.75, 3.05) is 6.61 Å². The molecule has 0 heterocycles. The van der Waals surface area contributed by atoms with E-state index in [1.54, 1.807) is 0 Å². The van der Waals surface area contributed by atoms with Crippen LogP contribution in [0.2, 0.25) is 0 Å². The molecule has 0 aliphatic carbocycles. The highest BCUT2D eigenvalue weighted by atomic mass is 16.3. The minimum atomic E-state index is -0.0859. The summed E-state index contributed by atoms with van der Waals surface area (Å²) >= 11 is 0. The fraction of sp³-hybridized carbons (Fsp3) is 0.263. The Morgan fingerprint density at radius 3 is 1.65 bits per heavy atom. The second-order valence-corrected chi connectivity index (χ2v) is 5.36. The maximum Gasteiger partial charge on any atom is 0.0439 e. The lowest BCUT2D eigenvalue weighted by molar-refractivity contribution is 0.217. The van der Waals surface area contributed by atoms with Crippen LogP contribution in [0.4, 0.5) is 0 Å². The van der Waals surface area contributed by atoms with Crippen molar-refractivity contribution in [3.8, 4) is 0 Å². The van der Waals surface area contributed by atoms with E-state index in [9.17, 15) is 5.11 Å². The first-order valence-electron chi connectivity index (χ1n) is 7.10. The zero-order valence-electron chi connectivity index (χ0n) is 11.8. The largest absolute Gasteiger partial charge is 0.396 e. The van der Waals surface area contributed by atoms with E-state index in [1.165, 1.54) is 11.1 Å². The van der Waals surface area contributed by atoms with E-state index in [1.807, 2.05) is 18.2 Å². The topological polar surface area (TPSA) is 20.2 Å². The Morgan fingerprint density at radius 1 is 0.850 bits per heavy atom. The molecule has 0 bridgehead atoms. The second-order valence-electron chi connectivity index (χ2n) is 5.36. The van der Waals surface area contributed by atoms with Crippen LogP contribution < -0.4 is 0 Å². The SMILES string of the molecule is C=CC(CCO)(Cc1ccccc1)Cc1ccccc1. The molecule has 0 amide bonds. The summed E-state index contributed by atoms with van der Waals surface area (Å²) in [6.45, 7) is 4.22. The van der Waals surface area contributed by atoms with Crippen LogP contribution in [0.5, 0.6) is 0 Å². The van der Waals surface area contributed by atoms with Crippen LogP contribution in [-0.4, -0.2) is 11.7 Å². The van der Waals surface area contributed by atoms with Crippen molar-refractivity contribution in [3.05, 3.63) is 84.4 Å². The van der Waals surface area contributed by atoms with Gasteiger partial charge in [-0.15, -0.1) is 6.58 Å². The maximum atomic E-state index is 9.44. The van der Waals surface area contributed by atoms with Crippen molar-refractivity contribution in [2.24, 2.45) is 5.41 Å². The summed E-state index contributed by atoms with van der Waals surface area (Å²) in [5.74, 6) is 0. The van der Waals surface area contributed by atoms with E-state index in [2.05, 4.69) is 55.1 Å². The summed E-state index contributed by atoms with van der Waals surface area (Å²) in [7, 11) is 0. The van der Waals surface area contributed by atoms with Gasteiger partial charge >= 0.3 is 0 Å². The van der Waals surface area contributed by atoms with Gasteiger partial charge in [0.1, 0.15) is 0 Å². The Balaban J connectivity index is 2.23. The van der Waals surface area contributed by atoms with Crippen molar-refractivity contribution in [3.63, 3.8) is 0 Å². The van der Waals surface area contributed by atoms with Gasteiger partial charge in [-0.2, -0.15) is 0 Å². The summed E-state index contributed by atoms with van der Waals surface area (Å²) in [6.07, 6.45) is 4.57. The quantitative estimate of drug-likeness (QED) is 0.750. The van der Waals surface area contributed by atoms with Crippen LogP contribution in [0.15, 0.2) is 73.3 Å². The van der Waals surface area contributed by atoms with E-state index >= 15 is 0 Å². The highest BCUT2D eigenvalue weighted by Gasteiger charge is 2.26. The molecule has 104 valence electrons.